The Hall–Kier alpha value is -1.59. The van der Waals surface area contributed by atoms with Gasteiger partial charge in [-0.05, 0) is 38.5 Å². The lowest BCUT2D eigenvalue weighted by molar-refractivity contribution is -0.149. The molecule has 0 saturated carbocycles. The minimum atomic E-state index is -1.15. The lowest BCUT2D eigenvalue weighted by Crippen LogP contribution is -2.51. The average molecular weight is 325 g/mol. The highest BCUT2D eigenvalue weighted by atomic mass is 35.5. The highest BCUT2D eigenvalue weighted by molar-refractivity contribution is 6.31. The van der Waals surface area contributed by atoms with Crippen LogP contribution in [0, 0.1) is 12.3 Å². The summed E-state index contributed by atoms with van der Waals surface area (Å²) in [5, 5.41) is 3.39. The van der Waals surface area contributed by atoms with Crippen molar-refractivity contribution in [3.05, 3.63) is 28.8 Å². The normalized spacial score (nSPS) is 15.5. The van der Waals surface area contributed by atoms with E-state index in [-0.39, 0.29) is 11.8 Å². The number of morpholine rings is 1. The van der Waals surface area contributed by atoms with Gasteiger partial charge in [0, 0.05) is 23.8 Å². The summed E-state index contributed by atoms with van der Waals surface area (Å²) >= 11 is 6.06. The number of hydrogen-bond donors (Lipinski definition) is 1. The molecule has 1 N–H and O–H groups in total. The molecule has 2 amide bonds. The van der Waals surface area contributed by atoms with E-state index >= 15 is 0 Å². The molecular formula is C16H21ClN2O3. The maximum atomic E-state index is 12.6. The number of benzene rings is 1. The van der Waals surface area contributed by atoms with Gasteiger partial charge in [0.25, 0.3) is 0 Å². The number of rotatable bonds is 3. The molecule has 1 aromatic carbocycles. The van der Waals surface area contributed by atoms with Crippen molar-refractivity contribution in [3.8, 4) is 0 Å². The molecule has 1 aliphatic rings. The van der Waals surface area contributed by atoms with Crippen LogP contribution in [-0.2, 0) is 14.3 Å². The van der Waals surface area contributed by atoms with Gasteiger partial charge in [-0.3, -0.25) is 9.59 Å². The minimum Gasteiger partial charge on any atom is -0.378 e. The van der Waals surface area contributed by atoms with Crippen molar-refractivity contribution in [2.75, 3.05) is 31.6 Å². The van der Waals surface area contributed by atoms with Crippen molar-refractivity contribution in [2.24, 2.45) is 5.41 Å². The van der Waals surface area contributed by atoms with Gasteiger partial charge in [-0.2, -0.15) is 0 Å². The van der Waals surface area contributed by atoms with E-state index in [9.17, 15) is 9.59 Å². The number of carbonyl (C=O) groups excluding carboxylic acids is 2. The number of halogens is 1. The van der Waals surface area contributed by atoms with E-state index in [0.29, 0.717) is 37.0 Å². The Morgan fingerprint density at radius 2 is 1.91 bits per heavy atom. The van der Waals surface area contributed by atoms with Crippen LogP contribution in [0.25, 0.3) is 0 Å². The Kier molecular flexibility index (Phi) is 5.08. The molecule has 0 aliphatic carbocycles. The zero-order chi connectivity index (χ0) is 16.3. The van der Waals surface area contributed by atoms with E-state index < -0.39 is 5.41 Å². The zero-order valence-corrected chi connectivity index (χ0v) is 13.9. The Labute approximate surface area is 135 Å². The fraction of sp³-hybridized carbons (Fsp3) is 0.500. The average Bonchev–Trinajstić information content (AvgIpc) is 2.51. The van der Waals surface area contributed by atoms with Gasteiger partial charge in [0.1, 0.15) is 5.41 Å². The first-order valence-corrected chi connectivity index (χ1v) is 7.65. The van der Waals surface area contributed by atoms with Crippen molar-refractivity contribution in [3.63, 3.8) is 0 Å². The summed E-state index contributed by atoms with van der Waals surface area (Å²) in [5.41, 5.74) is 0.263. The van der Waals surface area contributed by atoms with Crippen LogP contribution in [-0.4, -0.2) is 43.0 Å². The van der Waals surface area contributed by atoms with Crippen LogP contribution in [0.3, 0.4) is 0 Å². The third-order valence-electron chi connectivity index (χ3n) is 3.92. The third kappa shape index (κ3) is 3.42. The van der Waals surface area contributed by atoms with Crippen LogP contribution in [0.4, 0.5) is 5.69 Å². The van der Waals surface area contributed by atoms with Crippen LogP contribution >= 0.6 is 11.6 Å². The molecule has 0 radical (unpaired) electrons. The molecule has 1 aliphatic heterocycles. The molecule has 0 aromatic heterocycles. The van der Waals surface area contributed by atoms with E-state index in [0.717, 1.165) is 5.56 Å². The van der Waals surface area contributed by atoms with Crippen LogP contribution < -0.4 is 5.32 Å². The smallest absolute Gasteiger partial charge is 0.239 e. The molecule has 6 heteroatoms. The van der Waals surface area contributed by atoms with Crippen molar-refractivity contribution < 1.29 is 14.3 Å². The molecule has 0 atom stereocenters. The second kappa shape index (κ2) is 6.67. The van der Waals surface area contributed by atoms with E-state index in [2.05, 4.69) is 5.32 Å². The van der Waals surface area contributed by atoms with Gasteiger partial charge < -0.3 is 15.0 Å². The largest absolute Gasteiger partial charge is 0.378 e. The Morgan fingerprint density at radius 3 is 2.55 bits per heavy atom. The van der Waals surface area contributed by atoms with Crippen LogP contribution in [0.1, 0.15) is 19.4 Å². The molecule has 120 valence electrons. The Bertz CT molecular complexity index is 581. The summed E-state index contributed by atoms with van der Waals surface area (Å²) in [6.45, 7) is 7.17. The summed E-state index contributed by atoms with van der Waals surface area (Å²) in [7, 11) is 0. The van der Waals surface area contributed by atoms with E-state index in [1.165, 1.54) is 0 Å². The second-order valence-corrected chi connectivity index (χ2v) is 6.30. The summed E-state index contributed by atoms with van der Waals surface area (Å²) in [6, 6.07) is 5.30. The molecule has 5 nitrogen and oxygen atoms in total. The van der Waals surface area contributed by atoms with Crippen molar-refractivity contribution in [1.82, 2.24) is 4.90 Å². The lowest BCUT2D eigenvalue weighted by Gasteiger charge is -2.33. The molecule has 1 aromatic rings. The number of carbonyl (C=O) groups is 2. The van der Waals surface area contributed by atoms with Crippen molar-refractivity contribution in [1.29, 1.82) is 0 Å². The Balaban J connectivity index is 2.12. The number of amides is 2. The Morgan fingerprint density at radius 1 is 1.27 bits per heavy atom. The summed E-state index contributed by atoms with van der Waals surface area (Å²) in [5.74, 6) is -0.526. The third-order valence-corrected chi connectivity index (χ3v) is 4.33. The van der Waals surface area contributed by atoms with Crippen molar-refractivity contribution >= 4 is 29.1 Å². The fourth-order valence-corrected chi connectivity index (χ4v) is 2.45. The maximum Gasteiger partial charge on any atom is 0.239 e. The van der Waals surface area contributed by atoms with Gasteiger partial charge in [0.05, 0.1) is 13.2 Å². The van der Waals surface area contributed by atoms with Gasteiger partial charge in [-0.1, -0.05) is 17.7 Å². The number of hydrogen-bond acceptors (Lipinski definition) is 3. The number of nitrogens with zero attached hydrogens (tertiary/aromatic N) is 1. The van der Waals surface area contributed by atoms with Crippen molar-refractivity contribution in [2.45, 2.75) is 20.8 Å². The monoisotopic (exact) mass is 324 g/mol. The van der Waals surface area contributed by atoms with E-state index in [1.807, 2.05) is 6.92 Å². The maximum absolute atomic E-state index is 12.6. The molecular weight excluding hydrogens is 304 g/mol. The molecule has 0 unspecified atom stereocenters. The summed E-state index contributed by atoms with van der Waals surface area (Å²) < 4.78 is 5.24. The topological polar surface area (TPSA) is 58.6 Å². The van der Waals surface area contributed by atoms with Gasteiger partial charge in [0.15, 0.2) is 0 Å². The molecule has 0 spiro atoms. The van der Waals surface area contributed by atoms with Gasteiger partial charge in [0.2, 0.25) is 11.8 Å². The number of anilines is 1. The minimum absolute atomic E-state index is 0.187. The summed E-state index contributed by atoms with van der Waals surface area (Å²) in [4.78, 5) is 26.8. The predicted octanol–water partition coefficient (Wildman–Crippen LogP) is 2.47. The molecule has 1 heterocycles. The molecule has 1 saturated heterocycles. The second-order valence-electron chi connectivity index (χ2n) is 5.90. The van der Waals surface area contributed by atoms with E-state index in [1.54, 1.807) is 36.9 Å². The highest BCUT2D eigenvalue weighted by Crippen LogP contribution is 2.27. The first-order valence-electron chi connectivity index (χ1n) is 7.27. The first-order chi connectivity index (χ1) is 10.3. The SMILES string of the molecule is Cc1c(Cl)cccc1NC(=O)C(C)(C)C(=O)N1CCOCC1. The van der Waals surface area contributed by atoms with E-state index in [4.69, 9.17) is 16.3 Å². The van der Waals surface area contributed by atoms with Crippen LogP contribution in [0.2, 0.25) is 5.02 Å². The van der Waals surface area contributed by atoms with Crippen LogP contribution in [0.15, 0.2) is 18.2 Å². The molecule has 1 fully saturated rings. The zero-order valence-electron chi connectivity index (χ0n) is 13.1. The number of ether oxygens (including phenoxy) is 1. The predicted molar refractivity (Wildman–Crippen MR) is 86.0 cm³/mol. The highest BCUT2D eigenvalue weighted by Gasteiger charge is 2.39. The molecule has 22 heavy (non-hydrogen) atoms. The first kappa shape index (κ1) is 16.8. The van der Waals surface area contributed by atoms with Gasteiger partial charge in [-0.15, -0.1) is 0 Å². The molecule has 2 rings (SSSR count). The summed E-state index contributed by atoms with van der Waals surface area (Å²) in [6.07, 6.45) is 0. The van der Waals surface area contributed by atoms with Gasteiger partial charge >= 0.3 is 0 Å². The molecule has 0 bridgehead atoms. The fourth-order valence-electron chi connectivity index (χ4n) is 2.28. The number of nitrogens with one attached hydrogen (secondary N) is 1. The van der Waals surface area contributed by atoms with Crippen LogP contribution in [0.5, 0.6) is 0 Å². The quantitative estimate of drug-likeness (QED) is 0.869. The van der Waals surface area contributed by atoms with Gasteiger partial charge in [-0.25, -0.2) is 0 Å². The lowest BCUT2D eigenvalue weighted by atomic mass is 9.89. The standard InChI is InChI=1S/C16H21ClN2O3/c1-11-12(17)5-4-6-13(11)18-14(20)16(2,3)15(21)19-7-9-22-10-8-19/h4-6H,7-10H2,1-3H3,(H,18,20).